The summed E-state index contributed by atoms with van der Waals surface area (Å²) in [6, 6.07) is 6.17. The maximum absolute atomic E-state index is 11.7. The average Bonchev–Trinajstić information content (AvgIpc) is 2.89. The third kappa shape index (κ3) is 1.74. The first-order valence-electron chi connectivity index (χ1n) is 6.66. The molecule has 1 aromatic rings. The molecule has 1 N–H and O–H groups in total. The van der Waals surface area contributed by atoms with Gasteiger partial charge in [-0.25, -0.2) is 0 Å². The van der Waals surface area contributed by atoms with Gasteiger partial charge in [0.05, 0.1) is 18.6 Å². The second kappa shape index (κ2) is 4.39. The first kappa shape index (κ1) is 11.7. The lowest BCUT2D eigenvalue weighted by molar-refractivity contribution is -0.143. The van der Waals surface area contributed by atoms with Gasteiger partial charge in [0, 0.05) is 0 Å². The van der Waals surface area contributed by atoms with Crippen molar-refractivity contribution in [3.8, 4) is 0 Å². The molecule has 0 atom stereocenters. The minimum absolute atomic E-state index is 0.624. The van der Waals surface area contributed by atoms with Crippen molar-refractivity contribution in [2.45, 2.75) is 44.1 Å². The standard InChI is InChI=1S/C15H18O3/c16-14(17)15(6-1-2-7-15)13-4-3-11-5-8-18-10-12(11)9-13/h3-4,9H,1-2,5-8,10H2,(H,16,17). The highest BCUT2D eigenvalue weighted by atomic mass is 16.5. The zero-order valence-electron chi connectivity index (χ0n) is 10.4. The van der Waals surface area contributed by atoms with Gasteiger partial charge in [0.2, 0.25) is 0 Å². The Bertz CT molecular complexity index is 473. The Balaban J connectivity index is 2.02. The maximum atomic E-state index is 11.7. The summed E-state index contributed by atoms with van der Waals surface area (Å²) in [5.74, 6) is -0.670. The van der Waals surface area contributed by atoms with Crippen LogP contribution in [-0.4, -0.2) is 17.7 Å². The molecule has 0 unspecified atom stereocenters. The molecule has 0 saturated heterocycles. The maximum Gasteiger partial charge on any atom is 0.314 e. The second-order valence-electron chi connectivity index (χ2n) is 5.38. The smallest absolute Gasteiger partial charge is 0.314 e. The summed E-state index contributed by atoms with van der Waals surface area (Å²) in [5.41, 5.74) is 2.80. The molecule has 3 heteroatoms. The van der Waals surface area contributed by atoms with Crippen molar-refractivity contribution in [1.29, 1.82) is 0 Å². The molecule has 2 aliphatic rings. The van der Waals surface area contributed by atoms with Crippen LogP contribution in [0.15, 0.2) is 18.2 Å². The average molecular weight is 246 g/mol. The molecule has 0 spiro atoms. The lowest BCUT2D eigenvalue weighted by Gasteiger charge is -2.26. The highest BCUT2D eigenvalue weighted by molar-refractivity contribution is 5.82. The zero-order valence-corrected chi connectivity index (χ0v) is 10.4. The van der Waals surface area contributed by atoms with Crippen LogP contribution in [0, 0.1) is 0 Å². The Morgan fingerprint density at radius 1 is 1.22 bits per heavy atom. The Morgan fingerprint density at radius 2 is 2.00 bits per heavy atom. The number of hydrogen-bond donors (Lipinski definition) is 1. The molecular formula is C15H18O3. The van der Waals surface area contributed by atoms with Crippen LogP contribution in [0.1, 0.15) is 42.4 Å². The number of benzene rings is 1. The number of hydrogen-bond acceptors (Lipinski definition) is 2. The predicted octanol–water partition coefficient (Wildman–Crippen LogP) is 2.66. The van der Waals surface area contributed by atoms with Crippen LogP contribution in [0.4, 0.5) is 0 Å². The molecule has 0 radical (unpaired) electrons. The van der Waals surface area contributed by atoms with Crippen molar-refractivity contribution in [1.82, 2.24) is 0 Å². The molecule has 1 aliphatic heterocycles. The van der Waals surface area contributed by atoms with Crippen LogP contribution < -0.4 is 0 Å². The number of carbonyl (C=O) groups is 1. The van der Waals surface area contributed by atoms with Crippen LogP contribution in [0.5, 0.6) is 0 Å². The Morgan fingerprint density at radius 3 is 2.72 bits per heavy atom. The van der Waals surface area contributed by atoms with Gasteiger partial charge in [-0.1, -0.05) is 31.0 Å². The molecule has 1 aromatic carbocycles. The number of carboxylic acids is 1. The minimum Gasteiger partial charge on any atom is -0.481 e. The van der Waals surface area contributed by atoms with E-state index in [9.17, 15) is 9.90 Å². The molecule has 1 heterocycles. The number of rotatable bonds is 2. The Labute approximate surface area is 107 Å². The van der Waals surface area contributed by atoms with Crippen molar-refractivity contribution < 1.29 is 14.6 Å². The van der Waals surface area contributed by atoms with E-state index in [0.717, 1.165) is 44.3 Å². The van der Waals surface area contributed by atoms with E-state index in [-0.39, 0.29) is 0 Å². The molecule has 1 fully saturated rings. The topological polar surface area (TPSA) is 46.5 Å². The van der Waals surface area contributed by atoms with Gasteiger partial charge >= 0.3 is 5.97 Å². The summed E-state index contributed by atoms with van der Waals surface area (Å²) >= 11 is 0. The number of fused-ring (bicyclic) bond motifs is 1. The van der Waals surface area contributed by atoms with Gasteiger partial charge in [-0.05, 0) is 36.0 Å². The van der Waals surface area contributed by atoms with Gasteiger partial charge in [-0.3, -0.25) is 4.79 Å². The van der Waals surface area contributed by atoms with Crippen LogP contribution >= 0.6 is 0 Å². The summed E-state index contributed by atoms with van der Waals surface area (Å²) < 4.78 is 5.46. The van der Waals surface area contributed by atoms with E-state index in [1.807, 2.05) is 6.07 Å². The van der Waals surface area contributed by atoms with Gasteiger partial charge in [-0.15, -0.1) is 0 Å². The molecule has 96 valence electrons. The van der Waals surface area contributed by atoms with E-state index in [1.54, 1.807) is 0 Å². The van der Waals surface area contributed by atoms with Crippen molar-refractivity contribution in [2.24, 2.45) is 0 Å². The van der Waals surface area contributed by atoms with E-state index in [0.29, 0.717) is 6.61 Å². The molecule has 0 aromatic heterocycles. The van der Waals surface area contributed by atoms with Gasteiger partial charge in [-0.2, -0.15) is 0 Å². The third-order valence-corrected chi connectivity index (χ3v) is 4.40. The van der Waals surface area contributed by atoms with E-state index in [4.69, 9.17) is 4.74 Å². The molecule has 0 bridgehead atoms. The summed E-state index contributed by atoms with van der Waals surface area (Å²) in [6.45, 7) is 1.40. The summed E-state index contributed by atoms with van der Waals surface area (Å²) in [7, 11) is 0. The SMILES string of the molecule is O=C(O)C1(c2ccc3c(c2)COCC3)CCCC1. The van der Waals surface area contributed by atoms with Crippen molar-refractivity contribution >= 4 is 5.97 Å². The third-order valence-electron chi connectivity index (χ3n) is 4.40. The largest absolute Gasteiger partial charge is 0.481 e. The van der Waals surface area contributed by atoms with E-state index in [2.05, 4.69) is 12.1 Å². The summed E-state index contributed by atoms with van der Waals surface area (Å²) in [4.78, 5) is 11.7. The molecule has 3 nitrogen and oxygen atoms in total. The molecule has 0 amide bonds. The summed E-state index contributed by atoms with van der Waals surface area (Å²) in [5, 5.41) is 9.59. The fraction of sp³-hybridized carbons (Fsp3) is 0.533. The van der Waals surface area contributed by atoms with E-state index < -0.39 is 11.4 Å². The van der Waals surface area contributed by atoms with Gasteiger partial charge in [0.1, 0.15) is 0 Å². The minimum atomic E-state index is -0.670. The lowest BCUT2D eigenvalue weighted by atomic mass is 9.77. The highest BCUT2D eigenvalue weighted by Crippen LogP contribution is 2.42. The quantitative estimate of drug-likeness (QED) is 0.872. The number of carboxylic acid groups (broad SMARTS) is 1. The fourth-order valence-electron chi connectivity index (χ4n) is 3.27. The first-order chi connectivity index (χ1) is 8.72. The van der Waals surface area contributed by atoms with Crippen molar-refractivity contribution in [3.05, 3.63) is 34.9 Å². The molecule has 18 heavy (non-hydrogen) atoms. The van der Waals surface area contributed by atoms with E-state index >= 15 is 0 Å². The predicted molar refractivity (Wildman–Crippen MR) is 67.6 cm³/mol. The van der Waals surface area contributed by atoms with Gasteiger partial charge in [0.15, 0.2) is 0 Å². The first-order valence-corrected chi connectivity index (χ1v) is 6.66. The van der Waals surface area contributed by atoms with Gasteiger partial charge < -0.3 is 9.84 Å². The Hall–Kier alpha value is -1.35. The Kier molecular flexibility index (Phi) is 2.86. The highest BCUT2D eigenvalue weighted by Gasteiger charge is 2.43. The monoisotopic (exact) mass is 246 g/mol. The van der Waals surface area contributed by atoms with Crippen molar-refractivity contribution in [2.75, 3.05) is 6.61 Å². The van der Waals surface area contributed by atoms with Crippen molar-refractivity contribution in [3.63, 3.8) is 0 Å². The molecular weight excluding hydrogens is 228 g/mol. The fourth-order valence-corrected chi connectivity index (χ4v) is 3.27. The molecule has 1 aliphatic carbocycles. The number of aliphatic carboxylic acids is 1. The summed E-state index contributed by atoms with van der Waals surface area (Å²) in [6.07, 6.45) is 4.50. The molecule has 3 rings (SSSR count). The van der Waals surface area contributed by atoms with Crippen LogP contribution in [-0.2, 0) is 28.0 Å². The number of ether oxygens (including phenoxy) is 1. The normalized spacial score (nSPS) is 21.6. The second-order valence-corrected chi connectivity index (χ2v) is 5.38. The van der Waals surface area contributed by atoms with Crippen LogP contribution in [0.3, 0.4) is 0 Å². The van der Waals surface area contributed by atoms with E-state index in [1.165, 1.54) is 11.1 Å². The zero-order chi connectivity index (χ0) is 12.6. The lowest BCUT2D eigenvalue weighted by Crippen LogP contribution is -2.33. The molecule has 1 saturated carbocycles. The van der Waals surface area contributed by atoms with Crippen LogP contribution in [0.2, 0.25) is 0 Å². The van der Waals surface area contributed by atoms with Crippen LogP contribution in [0.25, 0.3) is 0 Å². The van der Waals surface area contributed by atoms with Gasteiger partial charge in [0.25, 0.3) is 0 Å².